The maximum atomic E-state index is 14.6. The average molecular weight is 555 g/mol. The highest BCUT2D eigenvalue weighted by Gasteiger charge is 2.22. The fourth-order valence-electron chi connectivity index (χ4n) is 2.26. The Morgan fingerprint density at radius 1 is 1.26 bits per heavy atom. The summed E-state index contributed by atoms with van der Waals surface area (Å²) in [5.41, 5.74) is 3.18. The Bertz CT molecular complexity index is 837. The van der Waals surface area contributed by atoms with Gasteiger partial charge in [0.1, 0.15) is 0 Å². The van der Waals surface area contributed by atoms with E-state index in [4.69, 9.17) is 9.94 Å². The summed E-state index contributed by atoms with van der Waals surface area (Å²) in [7, 11) is 0. The Balaban J connectivity index is 2.29. The van der Waals surface area contributed by atoms with E-state index in [-0.39, 0.29) is 28.9 Å². The van der Waals surface area contributed by atoms with Crippen LogP contribution in [0.15, 0.2) is 28.7 Å². The number of carbonyl (C=O) groups excluding carboxylic acids is 1. The van der Waals surface area contributed by atoms with Crippen molar-refractivity contribution < 1.29 is 23.5 Å². The number of aryl methyl sites for hydroxylation is 1. The first-order valence-corrected chi connectivity index (χ1v) is 9.96. The summed E-state index contributed by atoms with van der Waals surface area (Å²) in [5, 5.41) is 11.5. The molecule has 0 aliphatic heterocycles. The number of hydrogen-bond donors (Lipinski definition) is 3. The number of amides is 1. The van der Waals surface area contributed by atoms with Crippen molar-refractivity contribution in [1.82, 2.24) is 5.48 Å². The molecule has 0 heterocycles. The summed E-state index contributed by atoms with van der Waals surface area (Å²) < 4.78 is 29.4. The third kappa shape index (κ3) is 5.84. The van der Waals surface area contributed by atoms with Crippen LogP contribution in [0.1, 0.15) is 28.8 Å². The molecule has 27 heavy (non-hydrogen) atoms. The van der Waals surface area contributed by atoms with Gasteiger partial charge in [-0.25, -0.2) is 14.3 Å². The lowest BCUT2D eigenvalue weighted by atomic mass is 10.1. The predicted octanol–water partition coefficient (Wildman–Crippen LogP) is 4.82. The molecule has 5 nitrogen and oxygen atoms in total. The number of anilines is 2. The molecule has 2 aromatic rings. The van der Waals surface area contributed by atoms with Crippen molar-refractivity contribution in [3.63, 3.8) is 0 Å². The van der Waals surface area contributed by atoms with Gasteiger partial charge in [0, 0.05) is 15.9 Å². The lowest BCUT2D eigenvalue weighted by Gasteiger charge is -2.16. The van der Waals surface area contributed by atoms with Gasteiger partial charge in [0.15, 0.2) is 11.6 Å². The largest absolute Gasteiger partial charge is 0.396 e. The van der Waals surface area contributed by atoms with Crippen molar-refractivity contribution in [2.75, 3.05) is 18.5 Å². The molecule has 0 aliphatic carbocycles. The number of unbranched alkanes of at least 4 members (excludes halogenated alkanes) is 1. The van der Waals surface area contributed by atoms with Crippen molar-refractivity contribution in [3.05, 3.63) is 55.1 Å². The first-order chi connectivity index (χ1) is 12.8. The van der Waals surface area contributed by atoms with Gasteiger partial charge in [-0.3, -0.25) is 9.63 Å². The zero-order chi connectivity index (χ0) is 20.0. The molecular formula is C18H18BrF2IN2O3. The molecule has 0 saturated carbocycles. The molecule has 2 aromatic carbocycles. The summed E-state index contributed by atoms with van der Waals surface area (Å²) in [6.07, 6.45) is 1.08. The van der Waals surface area contributed by atoms with E-state index >= 15 is 0 Å². The van der Waals surface area contributed by atoms with Crippen LogP contribution in [0.2, 0.25) is 0 Å². The van der Waals surface area contributed by atoms with Crippen LogP contribution in [-0.2, 0) is 4.84 Å². The Kier molecular flexibility index (Phi) is 8.39. The minimum absolute atomic E-state index is 0.0247. The van der Waals surface area contributed by atoms with Crippen LogP contribution in [-0.4, -0.2) is 24.2 Å². The number of halogens is 4. The lowest BCUT2D eigenvalue weighted by molar-refractivity contribution is 0.0289. The summed E-state index contributed by atoms with van der Waals surface area (Å²) in [6.45, 7) is 2.04. The number of hydroxylamine groups is 1. The molecule has 1 amide bonds. The number of aliphatic hydroxyl groups excluding tert-OH is 1. The van der Waals surface area contributed by atoms with E-state index in [2.05, 4.69) is 49.3 Å². The molecule has 0 fully saturated rings. The second kappa shape index (κ2) is 10.3. The zero-order valence-corrected chi connectivity index (χ0v) is 18.2. The highest BCUT2D eigenvalue weighted by molar-refractivity contribution is 14.1. The molecule has 0 aliphatic rings. The van der Waals surface area contributed by atoms with Crippen molar-refractivity contribution in [2.45, 2.75) is 19.8 Å². The third-order valence-electron chi connectivity index (χ3n) is 3.67. The smallest absolute Gasteiger partial charge is 0.277 e. The Morgan fingerprint density at radius 2 is 2.00 bits per heavy atom. The second-order valence-corrected chi connectivity index (χ2v) is 7.80. The number of rotatable bonds is 8. The van der Waals surface area contributed by atoms with E-state index < -0.39 is 17.5 Å². The maximum Gasteiger partial charge on any atom is 0.277 e. The molecule has 0 bridgehead atoms. The SMILES string of the molecule is Cc1cc(I)ccc1Nc1c(C(=O)NOCCCCO)cc(Br)c(F)c1F. The zero-order valence-electron chi connectivity index (χ0n) is 14.4. The van der Waals surface area contributed by atoms with Gasteiger partial charge in [-0.15, -0.1) is 0 Å². The maximum absolute atomic E-state index is 14.6. The van der Waals surface area contributed by atoms with E-state index in [9.17, 15) is 13.6 Å². The summed E-state index contributed by atoms with van der Waals surface area (Å²) in [5.74, 6) is -2.99. The van der Waals surface area contributed by atoms with Gasteiger partial charge in [-0.2, -0.15) is 0 Å². The van der Waals surface area contributed by atoms with Crippen molar-refractivity contribution >= 4 is 55.8 Å². The molecule has 146 valence electrons. The number of hydrogen-bond acceptors (Lipinski definition) is 4. The van der Waals surface area contributed by atoms with Gasteiger partial charge in [0.2, 0.25) is 0 Å². The van der Waals surface area contributed by atoms with Gasteiger partial charge < -0.3 is 10.4 Å². The van der Waals surface area contributed by atoms with Crippen LogP contribution in [0.3, 0.4) is 0 Å². The third-order valence-corrected chi connectivity index (χ3v) is 4.92. The molecule has 0 saturated heterocycles. The minimum Gasteiger partial charge on any atom is -0.396 e. The summed E-state index contributed by atoms with van der Waals surface area (Å²) >= 11 is 5.07. The number of aliphatic hydroxyl groups is 1. The fourth-order valence-corrected chi connectivity index (χ4v) is 3.31. The number of benzene rings is 2. The van der Waals surface area contributed by atoms with Crippen LogP contribution in [0.4, 0.5) is 20.2 Å². The van der Waals surface area contributed by atoms with Crippen LogP contribution < -0.4 is 10.8 Å². The monoisotopic (exact) mass is 554 g/mol. The van der Waals surface area contributed by atoms with Crippen LogP contribution in [0, 0.1) is 22.1 Å². The first-order valence-electron chi connectivity index (χ1n) is 8.08. The predicted molar refractivity (Wildman–Crippen MR) is 111 cm³/mol. The average Bonchev–Trinajstić information content (AvgIpc) is 2.63. The van der Waals surface area contributed by atoms with Crippen LogP contribution in [0.5, 0.6) is 0 Å². The molecule has 0 spiro atoms. The second-order valence-electron chi connectivity index (χ2n) is 5.70. The van der Waals surface area contributed by atoms with Gasteiger partial charge in [0.25, 0.3) is 5.91 Å². The molecule has 0 radical (unpaired) electrons. The topological polar surface area (TPSA) is 70.6 Å². The van der Waals surface area contributed by atoms with Crippen molar-refractivity contribution in [3.8, 4) is 0 Å². The minimum atomic E-state index is -1.17. The number of carbonyl (C=O) groups is 1. The van der Waals surface area contributed by atoms with E-state index in [0.717, 1.165) is 9.13 Å². The highest BCUT2D eigenvalue weighted by Crippen LogP contribution is 2.32. The standard InChI is InChI=1S/C18H18BrF2IN2O3/c1-10-8-11(22)4-5-14(10)23-17-12(9-13(19)15(20)16(17)21)18(26)24-27-7-3-2-6-25/h4-5,8-9,23,25H,2-3,6-7H2,1H3,(H,24,26). The molecule has 0 unspecified atom stereocenters. The van der Waals surface area contributed by atoms with Crippen molar-refractivity contribution in [2.24, 2.45) is 0 Å². The molecular weight excluding hydrogens is 537 g/mol. The van der Waals surface area contributed by atoms with Crippen LogP contribution >= 0.6 is 38.5 Å². The van der Waals surface area contributed by atoms with Gasteiger partial charge in [0.05, 0.1) is 22.3 Å². The van der Waals surface area contributed by atoms with E-state index in [1.165, 1.54) is 6.07 Å². The molecule has 0 atom stereocenters. The Labute approximate surface area is 177 Å². The van der Waals surface area contributed by atoms with Crippen LogP contribution in [0.25, 0.3) is 0 Å². The Morgan fingerprint density at radius 3 is 2.67 bits per heavy atom. The van der Waals surface area contributed by atoms with Crippen molar-refractivity contribution in [1.29, 1.82) is 0 Å². The molecule has 9 heteroatoms. The highest BCUT2D eigenvalue weighted by atomic mass is 127. The normalized spacial score (nSPS) is 10.7. The quantitative estimate of drug-likeness (QED) is 0.189. The van der Waals surface area contributed by atoms with Gasteiger partial charge in [-0.1, -0.05) is 0 Å². The fraction of sp³-hybridized carbons (Fsp3) is 0.278. The number of nitrogens with one attached hydrogen (secondary N) is 2. The molecule has 0 aromatic heterocycles. The summed E-state index contributed by atoms with van der Waals surface area (Å²) in [4.78, 5) is 17.4. The lowest BCUT2D eigenvalue weighted by Crippen LogP contribution is -2.25. The first kappa shape index (κ1) is 22.0. The van der Waals surface area contributed by atoms with E-state index in [1.807, 2.05) is 19.1 Å². The van der Waals surface area contributed by atoms with Gasteiger partial charge in [-0.05, 0) is 88.1 Å². The Hall–Kier alpha value is -1.30. The summed E-state index contributed by atoms with van der Waals surface area (Å²) in [6, 6.07) is 6.60. The molecule has 2 rings (SSSR count). The van der Waals surface area contributed by atoms with Gasteiger partial charge >= 0.3 is 0 Å². The molecule has 3 N–H and O–H groups in total. The van der Waals surface area contributed by atoms with E-state index in [1.54, 1.807) is 6.07 Å². The van der Waals surface area contributed by atoms with E-state index in [0.29, 0.717) is 18.5 Å².